The molecule has 6 aromatic rings. The second kappa shape index (κ2) is 10.8. The van der Waals surface area contributed by atoms with E-state index in [1.54, 1.807) is 60.5 Å². The third-order valence-electron chi connectivity index (χ3n) is 6.35. The molecule has 41 heavy (non-hydrogen) atoms. The van der Waals surface area contributed by atoms with Crippen LogP contribution in [0.1, 0.15) is 47.8 Å². The molecule has 0 aliphatic heterocycles. The van der Waals surface area contributed by atoms with Gasteiger partial charge in [-0.1, -0.05) is 43.5 Å². The molecule has 0 bridgehead atoms. The van der Waals surface area contributed by atoms with Gasteiger partial charge >= 0.3 is 0 Å². The standard InChI is InChI=1S/C29H23N9O2.CH4/c1-18(33-28(39)25-26(30)35-23-12-7-15-31-38(23)25)27-34-22-11-6-8-20(14-13-19-16-32-36(2)17-19)24(22)29(40)37(27)21-9-4-3-5-10-21;/h3-12,15-18H,30H2,1-2H3,(H,33,39);1H4/t18-;/m0./s1. The quantitative estimate of drug-likeness (QED) is 0.324. The van der Waals surface area contributed by atoms with E-state index in [0.717, 1.165) is 5.56 Å². The van der Waals surface area contributed by atoms with Gasteiger partial charge in [-0.15, -0.1) is 0 Å². The van der Waals surface area contributed by atoms with E-state index in [2.05, 4.69) is 32.3 Å². The Labute approximate surface area is 235 Å². The number of carbonyl (C=O) groups is 1. The summed E-state index contributed by atoms with van der Waals surface area (Å²) < 4.78 is 4.54. The van der Waals surface area contributed by atoms with Crippen molar-refractivity contribution in [1.82, 2.24) is 39.2 Å². The zero-order valence-corrected chi connectivity index (χ0v) is 21.6. The van der Waals surface area contributed by atoms with Gasteiger partial charge in [0.15, 0.2) is 17.2 Å². The number of nitrogen functional groups attached to an aromatic ring is 1. The first kappa shape index (κ1) is 26.8. The molecule has 0 fully saturated rings. The van der Waals surface area contributed by atoms with Gasteiger partial charge in [-0.05, 0) is 43.3 Å². The molecule has 0 aliphatic rings. The first-order chi connectivity index (χ1) is 19.4. The van der Waals surface area contributed by atoms with Gasteiger partial charge in [-0.2, -0.15) is 10.2 Å². The van der Waals surface area contributed by atoms with Gasteiger partial charge in [0, 0.05) is 25.0 Å². The number of carbonyl (C=O) groups excluding carboxylic acids is 1. The van der Waals surface area contributed by atoms with E-state index < -0.39 is 11.9 Å². The second-order valence-corrected chi connectivity index (χ2v) is 9.13. The van der Waals surface area contributed by atoms with E-state index in [4.69, 9.17) is 10.7 Å². The number of amides is 1. The monoisotopic (exact) mass is 545 g/mol. The maximum Gasteiger partial charge on any atom is 0.274 e. The van der Waals surface area contributed by atoms with Gasteiger partial charge in [0.1, 0.15) is 5.82 Å². The van der Waals surface area contributed by atoms with Crippen LogP contribution in [0.4, 0.5) is 5.82 Å². The number of hydrogen-bond acceptors (Lipinski definition) is 7. The number of imidazole rings is 1. The second-order valence-electron chi connectivity index (χ2n) is 9.13. The van der Waals surface area contributed by atoms with Crippen LogP contribution in [0.15, 0.2) is 84.0 Å². The highest BCUT2D eigenvalue weighted by Gasteiger charge is 2.24. The summed E-state index contributed by atoms with van der Waals surface area (Å²) in [5.74, 6) is 6.06. The van der Waals surface area contributed by atoms with Crippen molar-refractivity contribution in [3.05, 3.63) is 112 Å². The molecule has 0 unspecified atom stereocenters. The third kappa shape index (κ3) is 4.90. The van der Waals surface area contributed by atoms with E-state index in [9.17, 15) is 9.59 Å². The third-order valence-corrected chi connectivity index (χ3v) is 6.35. The van der Waals surface area contributed by atoms with E-state index in [-0.39, 0.29) is 24.5 Å². The van der Waals surface area contributed by atoms with Crippen molar-refractivity contribution in [3.8, 4) is 17.5 Å². The predicted octanol–water partition coefficient (Wildman–Crippen LogP) is 3.27. The molecule has 11 nitrogen and oxygen atoms in total. The Kier molecular flexibility index (Phi) is 7.05. The van der Waals surface area contributed by atoms with Crippen molar-refractivity contribution in [2.24, 2.45) is 7.05 Å². The lowest BCUT2D eigenvalue weighted by Crippen LogP contribution is -2.34. The molecule has 0 aliphatic carbocycles. The molecule has 1 amide bonds. The lowest BCUT2D eigenvalue weighted by atomic mass is 10.1. The fraction of sp³-hybridized carbons (Fsp3) is 0.133. The van der Waals surface area contributed by atoms with E-state index in [1.165, 1.54) is 9.08 Å². The van der Waals surface area contributed by atoms with Crippen LogP contribution >= 0.6 is 0 Å². The number of nitrogens with two attached hydrogens (primary N) is 1. The molecular formula is C30H27N9O2. The summed E-state index contributed by atoms with van der Waals surface area (Å²) in [6.07, 6.45) is 5.00. The summed E-state index contributed by atoms with van der Waals surface area (Å²) >= 11 is 0. The van der Waals surface area contributed by atoms with Crippen molar-refractivity contribution >= 4 is 28.3 Å². The van der Waals surface area contributed by atoms with Gasteiger partial charge in [-0.25, -0.2) is 14.5 Å². The summed E-state index contributed by atoms with van der Waals surface area (Å²) in [4.78, 5) is 36.5. The summed E-state index contributed by atoms with van der Waals surface area (Å²) in [6, 6.07) is 17.2. The average molecular weight is 546 g/mol. The van der Waals surface area contributed by atoms with Crippen LogP contribution in [0.3, 0.4) is 0 Å². The highest BCUT2D eigenvalue weighted by Crippen LogP contribution is 2.21. The van der Waals surface area contributed by atoms with Crippen LogP contribution in [-0.2, 0) is 7.05 Å². The SMILES string of the molecule is C.C[C@H](NC(=O)c1c(N)nc2cccnn12)c1nc2cccc(C#Cc3cnn(C)c3)c2c(=O)n1-c1ccccc1. The van der Waals surface area contributed by atoms with E-state index in [1.807, 2.05) is 37.4 Å². The normalized spacial score (nSPS) is 11.5. The fourth-order valence-electron chi connectivity index (χ4n) is 4.54. The van der Waals surface area contributed by atoms with E-state index in [0.29, 0.717) is 33.6 Å². The largest absolute Gasteiger partial charge is 0.382 e. The van der Waals surface area contributed by atoms with Crippen LogP contribution < -0.4 is 16.6 Å². The number of nitrogens with one attached hydrogen (secondary N) is 1. The minimum atomic E-state index is -0.691. The summed E-state index contributed by atoms with van der Waals surface area (Å²) in [5, 5.41) is 11.6. The molecule has 6 rings (SSSR count). The first-order valence-electron chi connectivity index (χ1n) is 12.4. The lowest BCUT2D eigenvalue weighted by molar-refractivity contribution is 0.0931. The Morgan fingerprint density at radius 3 is 2.56 bits per heavy atom. The number of aromatic nitrogens is 7. The Balaban J connectivity index is 0.00000337. The summed E-state index contributed by atoms with van der Waals surface area (Å²) in [5.41, 5.74) is 8.62. The maximum atomic E-state index is 14.1. The van der Waals surface area contributed by atoms with Crippen LogP contribution in [0.5, 0.6) is 0 Å². The molecule has 4 aromatic heterocycles. The van der Waals surface area contributed by atoms with E-state index >= 15 is 0 Å². The van der Waals surface area contributed by atoms with Crippen LogP contribution in [0.2, 0.25) is 0 Å². The molecule has 11 heteroatoms. The lowest BCUT2D eigenvalue weighted by Gasteiger charge is -2.20. The Morgan fingerprint density at radius 2 is 1.80 bits per heavy atom. The predicted molar refractivity (Wildman–Crippen MR) is 157 cm³/mol. The molecule has 0 spiro atoms. The molecule has 4 heterocycles. The number of benzene rings is 2. The number of nitrogens with zero attached hydrogens (tertiary/aromatic N) is 7. The number of para-hydroxylation sites is 1. The van der Waals surface area contributed by atoms with Crippen molar-refractivity contribution in [2.45, 2.75) is 20.4 Å². The number of fused-ring (bicyclic) bond motifs is 2. The molecule has 1 atom stereocenters. The van der Waals surface area contributed by atoms with Crippen LogP contribution in [-0.4, -0.2) is 39.8 Å². The molecule has 0 radical (unpaired) electrons. The van der Waals surface area contributed by atoms with Gasteiger partial charge < -0.3 is 11.1 Å². The van der Waals surface area contributed by atoms with Gasteiger partial charge in [0.05, 0.1) is 34.4 Å². The van der Waals surface area contributed by atoms with Gasteiger partial charge in [0.25, 0.3) is 11.5 Å². The number of anilines is 1. The minimum Gasteiger partial charge on any atom is -0.382 e. The summed E-state index contributed by atoms with van der Waals surface area (Å²) in [6.45, 7) is 1.75. The van der Waals surface area contributed by atoms with Gasteiger partial charge in [-0.3, -0.25) is 18.8 Å². The Morgan fingerprint density at radius 1 is 1.00 bits per heavy atom. The summed E-state index contributed by atoms with van der Waals surface area (Å²) in [7, 11) is 1.81. The number of rotatable bonds is 4. The number of hydrogen-bond donors (Lipinski definition) is 2. The highest BCUT2D eigenvalue weighted by molar-refractivity contribution is 5.98. The average Bonchev–Trinajstić information content (AvgIpc) is 3.53. The molecule has 2 aromatic carbocycles. The smallest absolute Gasteiger partial charge is 0.274 e. The molecular weight excluding hydrogens is 518 g/mol. The van der Waals surface area contributed by atoms with Crippen molar-refractivity contribution in [1.29, 1.82) is 0 Å². The van der Waals surface area contributed by atoms with Crippen LogP contribution in [0, 0.1) is 11.8 Å². The topological polar surface area (TPSA) is 138 Å². The number of aryl methyl sites for hydroxylation is 1. The van der Waals surface area contributed by atoms with Gasteiger partial charge in [0.2, 0.25) is 0 Å². The zero-order chi connectivity index (χ0) is 27.8. The van der Waals surface area contributed by atoms with Crippen LogP contribution in [0.25, 0.3) is 22.2 Å². The van der Waals surface area contributed by atoms with Crippen molar-refractivity contribution in [2.75, 3.05) is 5.73 Å². The van der Waals surface area contributed by atoms with Crippen molar-refractivity contribution < 1.29 is 4.79 Å². The molecule has 3 N–H and O–H groups in total. The first-order valence-corrected chi connectivity index (χ1v) is 12.4. The Hall–Kier alpha value is -5.76. The highest BCUT2D eigenvalue weighted by atomic mass is 16.2. The molecule has 0 saturated heterocycles. The fourth-order valence-corrected chi connectivity index (χ4v) is 4.54. The minimum absolute atomic E-state index is 0. The Bertz CT molecular complexity index is 2030. The molecule has 204 valence electrons. The maximum absolute atomic E-state index is 14.1. The molecule has 0 saturated carbocycles. The zero-order valence-electron chi connectivity index (χ0n) is 21.6. The van der Waals surface area contributed by atoms with Crippen molar-refractivity contribution in [3.63, 3.8) is 0 Å².